The van der Waals surface area contributed by atoms with Crippen LogP contribution in [0.1, 0.15) is 22.4 Å². The minimum atomic E-state index is 0.306. The molecule has 0 unspecified atom stereocenters. The van der Waals surface area contributed by atoms with E-state index in [4.69, 9.17) is 15.0 Å². The fourth-order valence-electron chi connectivity index (χ4n) is 1.94. The van der Waals surface area contributed by atoms with Crippen LogP contribution in [-0.4, -0.2) is 5.16 Å². The van der Waals surface area contributed by atoms with E-state index >= 15 is 0 Å². The van der Waals surface area contributed by atoms with Crippen molar-refractivity contribution >= 4 is 5.88 Å². The smallest absolute Gasteiger partial charge is 0.222 e. The van der Waals surface area contributed by atoms with Crippen molar-refractivity contribution in [1.82, 2.24) is 5.16 Å². The maximum Gasteiger partial charge on any atom is 0.222 e. The molecule has 0 radical (unpaired) electrons. The van der Waals surface area contributed by atoms with Gasteiger partial charge in [0, 0.05) is 6.07 Å². The molecule has 0 saturated heterocycles. The number of nitrogen functional groups attached to an aromatic ring is 1. The molecular weight excluding hydrogens is 216 g/mol. The van der Waals surface area contributed by atoms with Crippen molar-refractivity contribution < 1.29 is 9.26 Å². The SMILES string of the molecule is Cc1cc(C)c(OCc2cc(N)on2)c(C)c1. The molecule has 2 aromatic rings. The quantitative estimate of drug-likeness (QED) is 0.883. The summed E-state index contributed by atoms with van der Waals surface area (Å²) < 4.78 is 10.5. The molecule has 1 aromatic heterocycles. The number of anilines is 1. The Kier molecular flexibility index (Phi) is 3.04. The van der Waals surface area contributed by atoms with E-state index in [0.717, 1.165) is 16.9 Å². The number of rotatable bonds is 3. The molecule has 1 heterocycles. The molecule has 0 atom stereocenters. The van der Waals surface area contributed by atoms with Crippen molar-refractivity contribution in [3.8, 4) is 5.75 Å². The van der Waals surface area contributed by atoms with Gasteiger partial charge in [0.15, 0.2) is 0 Å². The van der Waals surface area contributed by atoms with Gasteiger partial charge in [-0.25, -0.2) is 0 Å². The average Bonchev–Trinajstić information content (AvgIpc) is 2.62. The van der Waals surface area contributed by atoms with E-state index < -0.39 is 0 Å². The van der Waals surface area contributed by atoms with Crippen LogP contribution in [0.4, 0.5) is 5.88 Å². The third-order valence-electron chi connectivity index (χ3n) is 2.55. The molecule has 0 aliphatic rings. The maximum absolute atomic E-state index is 5.74. The standard InChI is InChI=1S/C13H16N2O2/c1-8-4-9(2)13(10(3)5-8)16-7-11-6-12(14)17-15-11/h4-6H,7,14H2,1-3H3. The second kappa shape index (κ2) is 4.49. The number of hydrogen-bond donors (Lipinski definition) is 1. The van der Waals surface area contributed by atoms with Crippen LogP contribution in [0.2, 0.25) is 0 Å². The zero-order chi connectivity index (χ0) is 12.4. The van der Waals surface area contributed by atoms with Gasteiger partial charge in [0.2, 0.25) is 5.88 Å². The first-order valence-electron chi connectivity index (χ1n) is 5.48. The highest BCUT2D eigenvalue weighted by atomic mass is 16.5. The summed E-state index contributed by atoms with van der Waals surface area (Å²) in [6.07, 6.45) is 0. The Balaban J connectivity index is 2.14. The van der Waals surface area contributed by atoms with Gasteiger partial charge in [-0.05, 0) is 31.9 Å². The van der Waals surface area contributed by atoms with Crippen molar-refractivity contribution in [2.75, 3.05) is 5.73 Å². The molecule has 0 bridgehead atoms. The minimum absolute atomic E-state index is 0.306. The van der Waals surface area contributed by atoms with E-state index in [0.29, 0.717) is 18.2 Å². The number of hydrogen-bond acceptors (Lipinski definition) is 4. The van der Waals surface area contributed by atoms with E-state index in [1.54, 1.807) is 6.07 Å². The van der Waals surface area contributed by atoms with Gasteiger partial charge in [0.05, 0.1) is 0 Å². The lowest BCUT2D eigenvalue weighted by Crippen LogP contribution is -1.99. The molecule has 4 nitrogen and oxygen atoms in total. The Bertz CT molecular complexity index is 509. The Labute approximate surface area is 100 Å². The van der Waals surface area contributed by atoms with Crippen LogP contribution in [0.5, 0.6) is 5.75 Å². The maximum atomic E-state index is 5.74. The second-order valence-electron chi connectivity index (χ2n) is 4.24. The van der Waals surface area contributed by atoms with Crippen LogP contribution < -0.4 is 10.5 Å². The lowest BCUT2D eigenvalue weighted by Gasteiger charge is -2.11. The fourth-order valence-corrected chi connectivity index (χ4v) is 1.94. The zero-order valence-corrected chi connectivity index (χ0v) is 10.3. The van der Waals surface area contributed by atoms with E-state index in [-0.39, 0.29) is 0 Å². The van der Waals surface area contributed by atoms with Gasteiger partial charge in [0.1, 0.15) is 18.1 Å². The summed E-state index contributed by atoms with van der Waals surface area (Å²) in [5.74, 6) is 1.21. The molecule has 2 N–H and O–H groups in total. The molecule has 1 aromatic carbocycles. The van der Waals surface area contributed by atoms with Crippen LogP contribution in [0.3, 0.4) is 0 Å². The van der Waals surface area contributed by atoms with Crippen molar-refractivity contribution in [1.29, 1.82) is 0 Å². The molecule has 0 fully saturated rings. The van der Waals surface area contributed by atoms with E-state index in [1.165, 1.54) is 5.56 Å². The van der Waals surface area contributed by atoms with Gasteiger partial charge in [-0.2, -0.15) is 0 Å². The number of nitrogens with zero attached hydrogens (tertiary/aromatic N) is 1. The van der Waals surface area contributed by atoms with Crippen LogP contribution >= 0.6 is 0 Å². The predicted molar refractivity (Wildman–Crippen MR) is 65.9 cm³/mol. The number of ether oxygens (including phenoxy) is 1. The van der Waals surface area contributed by atoms with Crippen molar-refractivity contribution in [2.45, 2.75) is 27.4 Å². The molecular formula is C13H16N2O2. The van der Waals surface area contributed by atoms with Crippen molar-refractivity contribution in [2.24, 2.45) is 0 Å². The van der Waals surface area contributed by atoms with Gasteiger partial charge in [-0.15, -0.1) is 0 Å². The normalized spacial score (nSPS) is 10.5. The summed E-state index contributed by atoms with van der Waals surface area (Å²) >= 11 is 0. The molecule has 0 saturated carbocycles. The molecule has 17 heavy (non-hydrogen) atoms. The molecule has 2 rings (SSSR count). The molecule has 0 spiro atoms. The lowest BCUT2D eigenvalue weighted by atomic mass is 10.1. The van der Waals surface area contributed by atoms with E-state index in [1.807, 2.05) is 13.8 Å². The minimum Gasteiger partial charge on any atom is -0.487 e. The summed E-state index contributed by atoms with van der Waals surface area (Å²) in [7, 11) is 0. The molecule has 4 heteroatoms. The summed E-state index contributed by atoms with van der Waals surface area (Å²) in [6, 6.07) is 5.86. The van der Waals surface area contributed by atoms with Crippen LogP contribution in [0.15, 0.2) is 22.7 Å². The highest BCUT2D eigenvalue weighted by Gasteiger charge is 2.07. The average molecular weight is 232 g/mol. The molecule has 0 aliphatic carbocycles. The molecule has 90 valence electrons. The highest BCUT2D eigenvalue weighted by Crippen LogP contribution is 2.25. The Morgan fingerprint density at radius 1 is 1.18 bits per heavy atom. The summed E-state index contributed by atoms with van der Waals surface area (Å²) in [5.41, 5.74) is 9.62. The van der Waals surface area contributed by atoms with Gasteiger partial charge in [0.25, 0.3) is 0 Å². The Hall–Kier alpha value is -1.97. The van der Waals surface area contributed by atoms with E-state index in [2.05, 4.69) is 24.2 Å². The van der Waals surface area contributed by atoms with Crippen LogP contribution in [-0.2, 0) is 6.61 Å². The predicted octanol–water partition coefficient (Wildman–Crippen LogP) is 2.76. The highest BCUT2D eigenvalue weighted by molar-refractivity contribution is 5.43. The Morgan fingerprint density at radius 3 is 2.35 bits per heavy atom. The largest absolute Gasteiger partial charge is 0.487 e. The van der Waals surface area contributed by atoms with Gasteiger partial charge >= 0.3 is 0 Å². The van der Waals surface area contributed by atoms with E-state index in [9.17, 15) is 0 Å². The molecule has 0 aliphatic heterocycles. The first-order valence-corrected chi connectivity index (χ1v) is 5.48. The zero-order valence-electron chi connectivity index (χ0n) is 10.3. The summed E-state index contributed by atoms with van der Waals surface area (Å²) in [6.45, 7) is 6.51. The van der Waals surface area contributed by atoms with Crippen LogP contribution in [0, 0.1) is 20.8 Å². The van der Waals surface area contributed by atoms with Crippen molar-refractivity contribution in [3.05, 3.63) is 40.6 Å². The number of aromatic nitrogens is 1. The number of benzene rings is 1. The number of aryl methyl sites for hydroxylation is 3. The summed E-state index contributed by atoms with van der Waals surface area (Å²) in [5, 5.41) is 3.78. The second-order valence-corrected chi connectivity index (χ2v) is 4.24. The van der Waals surface area contributed by atoms with Gasteiger partial charge in [-0.1, -0.05) is 22.9 Å². The third kappa shape index (κ3) is 2.58. The topological polar surface area (TPSA) is 61.3 Å². The third-order valence-corrected chi connectivity index (χ3v) is 2.55. The first-order chi connectivity index (χ1) is 8.06. The fraction of sp³-hybridized carbons (Fsp3) is 0.308. The molecule has 0 amide bonds. The van der Waals surface area contributed by atoms with Gasteiger partial charge < -0.3 is 15.0 Å². The van der Waals surface area contributed by atoms with Crippen molar-refractivity contribution in [3.63, 3.8) is 0 Å². The lowest BCUT2D eigenvalue weighted by molar-refractivity contribution is 0.286. The van der Waals surface area contributed by atoms with Gasteiger partial charge in [-0.3, -0.25) is 0 Å². The first kappa shape index (κ1) is 11.5. The Morgan fingerprint density at radius 2 is 1.82 bits per heavy atom. The monoisotopic (exact) mass is 232 g/mol. The summed E-state index contributed by atoms with van der Waals surface area (Å²) in [4.78, 5) is 0. The number of nitrogens with two attached hydrogens (primary N) is 1. The van der Waals surface area contributed by atoms with Crippen LogP contribution in [0.25, 0.3) is 0 Å².